The zero-order valence-electron chi connectivity index (χ0n) is 15.8. The fourth-order valence-corrected chi connectivity index (χ4v) is 3.01. The van der Waals surface area contributed by atoms with Crippen LogP contribution in [0.25, 0.3) is 0 Å². The topological polar surface area (TPSA) is 175 Å². The van der Waals surface area contributed by atoms with E-state index in [-0.39, 0.29) is 56.9 Å². The Balaban J connectivity index is 0.00000420. The standard InChI is InChI=1S/C15H18NO11P.K/c1-8(17)25-12-11(7-24-28(21,22)23)27-14(13(12)26-9(2)18)16-5-3-4-10(6-16)15(19)20;/h3-6,11-14H,7H2,1-2H3,(H2-,19,20,21,22,23);/q;+1/p-1/t11-,12-,13-,14-;/m1./s1. The summed E-state index contributed by atoms with van der Waals surface area (Å²) in [5.74, 6) is -3.01. The van der Waals surface area contributed by atoms with Gasteiger partial charge in [-0.1, -0.05) is 0 Å². The average Bonchev–Trinajstić information content (AvgIpc) is 2.89. The SMILES string of the molecule is CC(=O)O[C@@H]1[C@H](OC(C)=O)[C@@H](COP(=O)([O-])O)O[C@H]1[n+]1cccc(C(=O)[O-])c1.[K+]. The van der Waals surface area contributed by atoms with Crippen LogP contribution in [0.2, 0.25) is 0 Å². The Morgan fingerprint density at radius 2 is 1.83 bits per heavy atom. The number of nitrogens with zero attached hydrogens (tertiary/aromatic N) is 1. The predicted octanol–water partition coefficient (Wildman–Crippen LogP) is -5.42. The van der Waals surface area contributed by atoms with Crippen LogP contribution in [0.15, 0.2) is 24.5 Å². The van der Waals surface area contributed by atoms with E-state index >= 15 is 0 Å². The molecule has 1 aromatic rings. The van der Waals surface area contributed by atoms with E-state index in [0.717, 1.165) is 20.0 Å². The number of carbonyl (C=O) groups is 3. The van der Waals surface area contributed by atoms with E-state index in [1.165, 1.54) is 22.9 Å². The number of hydrogen-bond donors (Lipinski definition) is 1. The summed E-state index contributed by atoms with van der Waals surface area (Å²) in [6, 6.07) is 2.62. The molecule has 1 saturated heterocycles. The molecule has 0 aliphatic carbocycles. The van der Waals surface area contributed by atoms with Crippen LogP contribution in [0.4, 0.5) is 0 Å². The molecule has 2 heterocycles. The van der Waals surface area contributed by atoms with Gasteiger partial charge in [0.2, 0.25) is 6.10 Å². The van der Waals surface area contributed by atoms with Crippen LogP contribution in [0.3, 0.4) is 0 Å². The van der Waals surface area contributed by atoms with Crippen LogP contribution in [0.5, 0.6) is 0 Å². The summed E-state index contributed by atoms with van der Waals surface area (Å²) >= 11 is 0. The van der Waals surface area contributed by atoms with Crippen molar-refractivity contribution < 1.29 is 109 Å². The maximum Gasteiger partial charge on any atom is 1.00 e. The van der Waals surface area contributed by atoms with Crippen LogP contribution < -0.4 is 66.0 Å². The molecule has 14 heteroatoms. The molecular formula is C15H17KNO11P. The van der Waals surface area contributed by atoms with Gasteiger partial charge in [-0.25, -0.2) is 0 Å². The van der Waals surface area contributed by atoms with Crippen molar-refractivity contribution in [1.82, 2.24) is 0 Å². The van der Waals surface area contributed by atoms with Crippen molar-refractivity contribution in [2.45, 2.75) is 38.4 Å². The number of phosphoric acid groups is 1. The summed E-state index contributed by atoms with van der Waals surface area (Å²) in [6.45, 7) is 1.42. The Morgan fingerprint density at radius 1 is 1.24 bits per heavy atom. The Bertz CT molecular complexity index is 813. The average molecular weight is 457 g/mol. The number of aromatic nitrogens is 1. The molecule has 1 unspecified atom stereocenters. The summed E-state index contributed by atoms with van der Waals surface area (Å²) in [7, 11) is -5.11. The van der Waals surface area contributed by atoms with Crippen molar-refractivity contribution in [3.63, 3.8) is 0 Å². The molecule has 0 aromatic carbocycles. The molecule has 154 valence electrons. The zero-order valence-corrected chi connectivity index (χ0v) is 19.8. The second-order valence-corrected chi connectivity index (χ2v) is 7.00. The van der Waals surface area contributed by atoms with Gasteiger partial charge in [-0.2, -0.15) is 4.57 Å². The van der Waals surface area contributed by atoms with Crippen LogP contribution >= 0.6 is 7.82 Å². The second-order valence-electron chi connectivity index (χ2n) is 5.80. The summed E-state index contributed by atoms with van der Waals surface area (Å²) in [5, 5.41) is 11.1. The molecular weight excluding hydrogens is 440 g/mol. The molecule has 1 N–H and O–H groups in total. The van der Waals surface area contributed by atoms with Crippen molar-refractivity contribution in [1.29, 1.82) is 0 Å². The van der Waals surface area contributed by atoms with Gasteiger partial charge in [0.25, 0.3) is 7.82 Å². The fourth-order valence-electron chi connectivity index (χ4n) is 2.67. The molecule has 0 amide bonds. The molecule has 0 saturated carbocycles. The molecule has 1 fully saturated rings. The third kappa shape index (κ3) is 7.79. The normalized spacial score (nSPS) is 25.4. The molecule has 0 radical (unpaired) electrons. The molecule has 5 atom stereocenters. The first-order chi connectivity index (χ1) is 13.0. The first-order valence-corrected chi connectivity index (χ1v) is 9.38. The van der Waals surface area contributed by atoms with Crippen molar-refractivity contribution in [3.8, 4) is 0 Å². The number of carboxylic acid groups (broad SMARTS) is 1. The van der Waals surface area contributed by atoms with Gasteiger partial charge in [0.15, 0.2) is 18.5 Å². The molecule has 2 rings (SSSR count). The van der Waals surface area contributed by atoms with Gasteiger partial charge in [-0.05, 0) is 6.07 Å². The maximum absolute atomic E-state index is 11.5. The van der Waals surface area contributed by atoms with Gasteiger partial charge in [0, 0.05) is 19.9 Å². The molecule has 1 aliphatic heterocycles. The van der Waals surface area contributed by atoms with Gasteiger partial charge in [-0.3, -0.25) is 14.2 Å². The molecule has 12 nitrogen and oxygen atoms in total. The van der Waals surface area contributed by atoms with Gasteiger partial charge < -0.3 is 38.4 Å². The molecule has 1 aliphatic rings. The van der Waals surface area contributed by atoms with E-state index in [9.17, 15) is 28.9 Å². The third-order valence-electron chi connectivity index (χ3n) is 3.64. The van der Waals surface area contributed by atoms with Crippen molar-refractivity contribution in [2.75, 3.05) is 6.61 Å². The van der Waals surface area contributed by atoms with Gasteiger partial charge >= 0.3 is 69.6 Å². The quantitative estimate of drug-likeness (QED) is 0.179. The van der Waals surface area contributed by atoms with Crippen molar-refractivity contribution in [2.24, 2.45) is 0 Å². The summed E-state index contributed by atoms with van der Waals surface area (Å²) in [4.78, 5) is 53.7. The minimum atomic E-state index is -5.11. The number of carboxylic acids is 1. The summed E-state index contributed by atoms with van der Waals surface area (Å²) in [5.41, 5.74) is -0.212. The van der Waals surface area contributed by atoms with E-state index in [1.54, 1.807) is 0 Å². The first kappa shape index (κ1) is 26.3. The number of hydrogen-bond acceptors (Lipinski definition) is 10. The number of pyridine rings is 1. The smallest absolute Gasteiger partial charge is 0.756 e. The van der Waals surface area contributed by atoms with E-state index in [0.29, 0.717) is 0 Å². The van der Waals surface area contributed by atoms with Gasteiger partial charge in [0.05, 0.1) is 18.1 Å². The van der Waals surface area contributed by atoms with Crippen molar-refractivity contribution >= 4 is 25.7 Å². The molecule has 1 aromatic heterocycles. The number of carbonyl (C=O) groups excluding carboxylic acids is 3. The minimum Gasteiger partial charge on any atom is -0.756 e. The van der Waals surface area contributed by atoms with Crippen LogP contribution in [-0.2, 0) is 32.9 Å². The Morgan fingerprint density at radius 3 is 2.34 bits per heavy atom. The molecule has 29 heavy (non-hydrogen) atoms. The molecule has 0 spiro atoms. The Labute approximate surface area is 207 Å². The fraction of sp³-hybridized carbons (Fsp3) is 0.467. The molecule has 0 bridgehead atoms. The van der Waals surface area contributed by atoms with E-state index in [2.05, 4.69) is 4.52 Å². The van der Waals surface area contributed by atoms with E-state index < -0.39 is 56.9 Å². The number of aromatic carboxylic acids is 1. The van der Waals surface area contributed by atoms with Crippen LogP contribution in [-0.4, -0.2) is 47.7 Å². The predicted molar refractivity (Wildman–Crippen MR) is 81.8 cm³/mol. The van der Waals surface area contributed by atoms with Crippen LogP contribution in [0.1, 0.15) is 30.4 Å². The van der Waals surface area contributed by atoms with E-state index in [1.807, 2.05) is 0 Å². The van der Waals surface area contributed by atoms with Crippen LogP contribution in [0, 0.1) is 0 Å². The zero-order chi connectivity index (χ0) is 21.1. The monoisotopic (exact) mass is 457 g/mol. The first-order valence-electron chi connectivity index (χ1n) is 7.88. The summed E-state index contributed by atoms with van der Waals surface area (Å²) in [6.07, 6.45) is -2.47. The number of phosphoric ester groups is 1. The second kappa shape index (κ2) is 11.0. The summed E-state index contributed by atoms with van der Waals surface area (Å²) < 4.78 is 32.3. The number of esters is 2. The largest absolute Gasteiger partial charge is 1.00 e. The van der Waals surface area contributed by atoms with E-state index in [4.69, 9.17) is 19.1 Å². The Kier molecular flexibility index (Phi) is 10.0. The number of ether oxygens (including phenoxy) is 3. The van der Waals surface area contributed by atoms with Crippen molar-refractivity contribution in [3.05, 3.63) is 30.1 Å². The number of rotatable bonds is 7. The Hall–Kier alpha value is -0.734. The maximum atomic E-state index is 11.5. The van der Waals surface area contributed by atoms with Gasteiger partial charge in [-0.15, -0.1) is 0 Å². The minimum absolute atomic E-state index is 0. The van der Waals surface area contributed by atoms with Gasteiger partial charge in [0.1, 0.15) is 6.10 Å². The third-order valence-corrected chi connectivity index (χ3v) is 4.12.